The Labute approximate surface area is 108 Å². The van der Waals surface area contributed by atoms with E-state index in [1.165, 1.54) is 32.2 Å². The lowest BCUT2D eigenvalue weighted by Gasteiger charge is -2.36. The van der Waals surface area contributed by atoms with E-state index in [1.807, 2.05) is 0 Å². The van der Waals surface area contributed by atoms with Crippen molar-refractivity contribution in [2.45, 2.75) is 59.4 Å². The highest BCUT2D eigenvalue weighted by atomic mass is 16.5. The van der Waals surface area contributed by atoms with E-state index >= 15 is 0 Å². The summed E-state index contributed by atoms with van der Waals surface area (Å²) in [6.45, 7) is 11.9. The molecule has 1 saturated carbocycles. The molecular formula is C15H31NO. The summed E-state index contributed by atoms with van der Waals surface area (Å²) in [5.41, 5.74) is 0. The molecule has 102 valence electrons. The van der Waals surface area contributed by atoms with Crippen molar-refractivity contribution in [3.63, 3.8) is 0 Å². The molecule has 0 saturated heterocycles. The first kappa shape index (κ1) is 15.0. The standard InChI is InChI=1S/C15H31NO/c1-5-13-7-8-14(10-16-12(3)4)15(9-13)11-17-6-2/h12-16H,5-11H2,1-4H3. The van der Waals surface area contributed by atoms with E-state index in [0.717, 1.165) is 31.0 Å². The number of ether oxygens (including phenoxy) is 1. The number of nitrogens with one attached hydrogen (secondary N) is 1. The van der Waals surface area contributed by atoms with Gasteiger partial charge in [0.2, 0.25) is 0 Å². The third-order valence-electron chi connectivity index (χ3n) is 4.15. The molecule has 2 nitrogen and oxygen atoms in total. The monoisotopic (exact) mass is 241 g/mol. The molecule has 1 aliphatic rings. The fourth-order valence-corrected chi connectivity index (χ4v) is 2.92. The van der Waals surface area contributed by atoms with Gasteiger partial charge in [0.05, 0.1) is 0 Å². The predicted molar refractivity (Wildman–Crippen MR) is 74.2 cm³/mol. The van der Waals surface area contributed by atoms with Crippen LogP contribution in [0.15, 0.2) is 0 Å². The zero-order valence-corrected chi connectivity index (χ0v) is 12.2. The quantitative estimate of drug-likeness (QED) is 0.737. The molecule has 0 spiro atoms. The summed E-state index contributed by atoms with van der Waals surface area (Å²) in [6.07, 6.45) is 5.52. The smallest absolute Gasteiger partial charge is 0.0497 e. The second-order valence-corrected chi connectivity index (χ2v) is 5.83. The van der Waals surface area contributed by atoms with Gasteiger partial charge in [-0.15, -0.1) is 0 Å². The van der Waals surface area contributed by atoms with E-state index in [4.69, 9.17) is 4.74 Å². The average molecular weight is 241 g/mol. The third-order valence-corrected chi connectivity index (χ3v) is 4.15. The Kier molecular flexibility index (Phi) is 7.14. The minimum Gasteiger partial charge on any atom is -0.381 e. The van der Waals surface area contributed by atoms with Crippen LogP contribution in [-0.2, 0) is 4.74 Å². The van der Waals surface area contributed by atoms with Gasteiger partial charge in [-0.25, -0.2) is 0 Å². The largest absolute Gasteiger partial charge is 0.381 e. The molecule has 2 heteroatoms. The minimum atomic E-state index is 0.603. The van der Waals surface area contributed by atoms with Crippen LogP contribution in [0.3, 0.4) is 0 Å². The van der Waals surface area contributed by atoms with Gasteiger partial charge in [0.1, 0.15) is 0 Å². The topological polar surface area (TPSA) is 21.3 Å². The van der Waals surface area contributed by atoms with Crippen LogP contribution in [0.4, 0.5) is 0 Å². The molecule has 1 aliphatic carbocycles. The van der Waals surface area contributed by atoms with E-state index in [0.29, 0.717) is 6.04 Å². The first-order chi connectivity index (χ1) is 8.17. The molecule has 1 rings (SSSR count). The summed E-state index contributed by atoms with van der Waals surface area (Å²) < 4.78 is 5.68. The first-order valence-corrected chi connectivity index (χ1v) is 7.48. The van der Waals surface area contributed by atoms with Crippen molar-refractivity contribution in [1.82, 2.24) is 5.32 Å². The van der Waals surface area contributed by atoms with Crippen LogP contribution in [-0.4, -0.2) is 25.8 Å². The summed E-state index contributed by atoms with van der Waals surface area (Å²) in [7, 11) is 0. The summed E-state index contributed by atoms with van der Waals surface area (Å²) in [5, 5.41) is 3.60. The maximum Gasteiger partial charge on any atom is 0.0497 e. The van der Waals surface area contributed by atoms with Crippen LogP contribution < -0.4 is 5.32 Å². The summed E-state index contributed by atoms with van der Waals surface area (Å²) in [6, 6.07) is 0.603. The lowest BCUT2D eigenvalue weighted by molar-refractivity contribution is 0.0495. The van der Waals surface area contributed by atoms with Crippen molar-refractivity contribution in [1.29, 1.82) is 0 Å². The maximum absolute atomic E-state index is 5.68. The van der Waals surface area contributed by atoms with Crippen LogP contribution >= 0.6 is 0 Å². The zero-order valence-electron chi connectivity index (χ0n) is 12.2. The van der Waals surface area contributed by atoms with Crippen LogP contribution in [0, 0.1) is 17.8 Å². The second kappa shape index (κ2) is 8.10. The molecule has 3 atom stereocenters. The van der Waals surface area contributed by atoms with E-state index in [1.54, 1.807) is 0 Å². The molecular weight excluding hydrogens is 210 g/mol. The molecule has 0 aliphatic heterocycles. The molecule has 1 fully saturated rings. The van der Waals surface area contributed by atoms with E-state index in [-0.39, 0.29) is 0 Å². The number of hydrogen-bond acceptors (Lipinski definition) is 2. The average Bonchev–Trinajstić information content (AvgIpc) is 2.34. The fourth-order valence-electron chi connectivity index (χ4n) is 2.92. The normalized spacial score (nSPS) is 29.8. The summed E-state index contributed by atoms with van der Waals surface area (Å²) >= 11 is 0. The van der Waals surface area contributed by atoms with Crippen molar-refractivity contribution in [3.8, 4) is 0 Å². The predicted octanol–water partition coefficient (Wildman–Crippen LogP) is 3.46. The van der Waals surface area contributed by atoms with Crippen molar-refractivity contribution in [3.05, 3.63) is 0 Å². The molecule has 3 unspecified atom stereocenters. The Morgan fingerprint density at radius 1 is 1.18 bits per heavy atom. The molecule has 0 aromatic rings. The van der Waals surface area contributed by atoms with Gasteiger partial charge in [-0.1, -0.05) is 33.6 Å². The molecule has 1 N–H and O–H groups in total. The highest BCUT2D eigenvalue weighted by molar-refractivity contribution is 4.81. The Hall–Kier alpha value is -0.0800. The zero-order chi connectivity index (χ0) is 12.7. The van der Waals surface area contributed by atoms with Crippen molar-refractivity contribution >= 4 is 0 Å². The first-order valence-electron chi connectivity index (χ1n) is 7.48. The van der Waals surface area contributed by atoms with Gasteiger partial charge < -0.3 is 10.1 Å². The van der Waals surface area contributed by atoms with Gasteiger partial charge in [0, 0.05) is 19.3 Å². The molecule has 0 aromatic carbocycles. The SMILES string of the molecule is CCOCC1CC(CC)CCC1CNC(C)C. The van der Waals surface area contributed by atoms with Crippen molar-refractivity contribution in [2.24, 2.45) is 17.8 Å². The Morgan fingerprint density at radius 3 is 2.53 bits per heavy atom. The highest BCUT2D eigenvalue weighted by Crippen LogP contribution is 2.35. The second-order valence-electron chi connectivity index (χ2n) is 5.83. The molecule has 17 heavy (non-hydrogen) atoms. The third kappa shape index (κ3) is 5.39. The van der Waals surface area contributed by atoms with Gasteiger partial charge in [0.15, 0.2) is 0 Å². The highest BCUT2D eigenvalue weighted by Gasteiger charge is 2.29. The Bertz CT molecular complexity index is 193. The van der Waals surface area contributed by atoms with Crippen LogP contribution in [0.2, 0.25) is 0 Å². The molecule has 0 radical (unpaired) electrons. The van der Waals surface area contributed by atoms with Gasteiger partial charge in [0.25, 0.3) is 0 Å². The van der Waals surface area contributed by atoms with E-state index in [2.05, 4.69) is 33.0 Å². The van der Waals surface area contributed by atoms with Crippen molar-refractivity contribution in [2.75, 3.05) is 19.8 Å². The minimum absolute atomic E-state index is 0.603. The summed E-state index contributed by atoms with van der Waals surface area (Å²) in [5.74, 6) is 2.54. The maximum atomic E-state index is 5.68. The lowest BCUT2D eigenvalue weighted by Crippen LogP contribution is -2.37. The van der Waals surface area contributed by atoms with Crippen LogP contribution in [0.25, 0.3) is 0 Å². The summed E-state index contributed by atoms with van der Waals surface area (Å²) in [4.78, 5) is 0. The molecule has 0 amide bonds. The van der Waals surface area contributed by atoms with Crippen molar-refractivity contribution < 1.29 is 4.74 Å². The lowest BCUT2D eigenvalue weighted by atomic mass is 9.73. The van der Waals surface area contributed by atoms with Gasteiger partial charge in [-0.3, -0.25) is 0 Å². The van der Waals surface area contributed by atoms with Gasteiger partial charge >= 0.3 is 0 Å². The fraction of sp³-hybridized carbons (Fsp3) is 1.00. The van der Waals surface area contributed by atoms with E-state index in [9.17, 15) is 0 Å². The van der Waals surface area contributed by atoms with Gasteiger partial charge in [-0.2, -0.15) is 0 Å². The Morgan fingerprint density at radius 2 is 1.94 bits per heavy atom. The molecule has 0 aromatic heterocycles. The number of rotatable bonds is 7. The number of hydrogen-bond donors (Lipinski definition) is 1. The molecule has 0 heterocycles. The molecule has 0 bridgehead atoms. The Balaban J connectivity index is 2.41. The van der Waals surface area contributed by atoms with Crippen LogP contribution in [0.1, 0.15) is 53.4 Å². The van der Waals surface area contributed by atoms with E-state index < -0.39 is 0 Å². The van der Waals surface area contributed by atoms with Crippen LogP contribution in [0.5, 0.6) is 0 Å². The van der Waals surface area contributed by atoms with Gasteiger partial charge in [-0.05, 0) is 44.1 Å².